The molecule has 6 aromatic heterocycles. The first-order valence-corrected chi connectivity index (χ1v) is 25.8. The number of hydrogen-bond donors (Lipinski definition) is 2. The molecule has 8 rings (SSSR count). The lowest BCUT2D eigenvalue weighted by atomic mass is 10.2. The lowest BCUT2D eigenvalue weighted by molar-refractivity contribution is 0.171. The number of nitrogens with zero attached hydrogens (tertiary/aromatic N) is 8. The molecule has 0 saturated heterocycles. The minimum atomic E-state index is -3.89. The summed E-state index contributed by atoms with van der Waals surface area (Å²) < 4.78 is 90.1. The molecule has 8 aromatic rings. The first-order valence-electron chi connectivity index (χ1n) is 20.5. The van der Waals surface area contributed by atoms with Gasteiger partial charge in [0, 0.05) is 10.8 Å². The lowest BCUT2D eigenvalue weighted by Gasteiger charge is -2.19. The van der Waals surface area contributed by atoms with Crippen LogP contribution >= 0.6 is 22.7 Å². The molecule has 360 valence electrons. The summed E-state index contributed by atoms with van der Waals surface area (Å²) in [5.74, 6) is 3.64. The summed E-state index contributed by atoms with van der Waals surface area (Å²) in [7, 11) is -1.78. The number of furan rings is 2. The van der Waals surface area contributed by atoms with Crippen molar-refractivity contribution >= 4 is 42.3 Å². The van der Waals surface area contributed by atoms with E-state index in [9.17, 15) is 27.0 Å². The molecular weight excluding hydrogens is 961 g/mol. The zero-order valence-electron chi connectivity index (χ0n) is 38.0. The quantitative estimate of drug-likeness (QED) is 0.0907. The van der Waals surface area contributed by atoms with E-state index >= 15 is 0 Å². The molecule has 0 aliphatic rings. The predicted molar refractivity (Wildman–Crippen MR) is 252 cm³/mol. The molecule has 0 bridgehead atoms. The highest BCUT2D eigenvalue weighted by Crippen LogP contribution is 2.39. The summed E-state index contributed by atoms with van der Waals surface area (Å²) in [5, 5.41) is 39.0. The molecule has 0 aliphatic carbocycles. The van der Waals surface area contributed by atoms with Gasteiger partial charge in [0.05, 0.1) is 61.3 Å². The highest BCUT2D eigenvalue weighted by molar-refractivity contribution is 7.91. The molecule has 0 spiro atoms. The number of aliphatic hydroxyl groups excluding tert-OH is 2. The van der Waals surface area contributed by atoms with Crippen LogP contribution in [-0.4, -0.2) is 105 Å². The van der Waals surface area contributed by atoms with Crippen LogP contribution < -0.4 is 18.9 Å². The standard InChI is InChI=1S/2C22H24N4O6S2/c2*1-13-8-9-18(32-13)22-25-24-19(26(22)20-16(30-3)6-5-7-17(20)31-4)11-34(28,29)14(2)21(27)15-10-33-12-23-15/h2*5-10,12,14,21,27H,11H2,1-4H3/t2*14-,21+/m11/s1. The smallest absolute Gasteiger partial charge is 0.204 e. The number of thiazole rings is 2. The van der Waals surface area contributed by atoms with E-state index in [0.717, 1.165) is 0 Å². The molecule has 0 radical (unpaired) electrons. The number of methoxy groups -OCH3 is 4. The Morgan fingerprint density at radius 2 is 0.926 bits per heavy atom. The van der Waals surface area contributed by atoms with Crippen molar-refractivity contribution in [2.24, 2.45) is 0 Å². The molecule has 2 N–H and O–H groups in total. The van der Waals surface area contributed by atoms with Crippen LogP contribution in [0.25, 0.3) is 34.5 Å². The van der Waals surface area contributed by atoms with E-state index in [4.69, 9.17) is 27.8 Å². The SMILES string of the molecule is COc1cccc(OC)c1-n1c(CS(=O)(=O)[C@H](C)[C@H](O)c2cscn2)nnc1-c1ccc(C)o1.COc1cccc(OC)c1-n1c(CS(=O)(=O)[C@H](C)[C@H](O)c2cscn2)nnc1-c1ccc(C)o1. The van der Waals surface area contributed by atoms with Gasteiger partial charge in [-0.2, -0.15) is 0 Å². The van der Waals surface area contributed by atoms with Gasteiger partial charge in [-0.3, -0.25) is 9.13 Å². The van der Waals surface area contributed by atoms with Crippen molar-refractivity contribution in [3.8, 4) is 57.5 Å². The van der Waals surface area contributed by atoms with E-state index in [0.29, 0.717) is 68.8 Å². The maximum atomic E-state index is 13.3. The van der Waals surface area contributed by atoms with Crippen molar-refractivity contribution in [3.05, 3.63) is 117 Å². The van der Waals surface area contributed by atoms with Gasteiger partial charge in [0.1, 0.15) is 69.6 Å². The molecule has 0 saturated carbocycles. The molecule has 68 heavy (non-hydrogen) atoms. The maximum absolute atomic E-state index is 13.3. The van der Waals surface area contributed by atoms with Crippen LogP contribution in [0.1, 0.15) is 60.6 Å². The normalized spacial score (nSPS) is 13.6. The van der Waals surface area contributed by atoms with E-state index in [1.54, 1.807) is 105 Å². The molecule has 2 aromatic carbocycles. The fourth-order valence-corrected chi connectivity index (χ4v) is 10.9. The van der Waals surface area contributed by atoms with Crippen LogP contribution in [0.15, 0.2) is 91.3 Å². The molecule has 0 fully saturated rings. The second kappa shape index (κ2) is 20.8. The Balaban J connectivity index is 0.000000201. The van der Waals surface area contributed by atoms with E-state index in [1.807, 2.05) is 0 Å². The van der Waals surface area contributed by atoms with Gasteiger partial charge in [0.25, 0.3) is 0 Å². The van der Waals surface area contributed by atoms with Crippen molar-refractivity contribution < 1.29 is 54.8 Å². The second-order valence-electron chi connectivity index (χ2n) is 15.1. The van der Waals surface area contributed by atoms with Gasteiger partial charge in [-0.25, -0.2) is 26.8 Å². The number of sulfone groups is 2. The average Bonchev–Trinajstić information content (AvgIpc) is 4.20. The fraction of sp³-hybridized carbons (Fsp3) is 0.318. The van der Waals surface area contributed by atoms with Gasteiger partial charge in [-0.05, 0) is 76.2 Å². The predicted octanol–water partition coefficient (Wildman–Crippen LogP) is 6.69. The number of hydrogen-bond acceptors (Lipinski definition) is 20. The Kier molecular flexibility index (Phi) is 15.2. The van der Waals surface area contributed by atoms with Crippen LogP contribution in [-0.2, 0) is 31.2 Å². The number of benzene rings is 2. The van der Waals surface area contributed by atoms with E-state index in [-0.39, 0.29) is 23.3 Å². The summed E-state index contributed by atoms with van der Waals surface area (Å²) in [5.41, 5.74) is 4.56. The van der Waals surface area contributed by atoms with Crippen molar-refractivity contribution in [3.63, 3.8) is 0 Å². The van der Waals surface area contributed by atoms with Crippen LogP contribution in [0.2, 0.25) is 0 Å². The minimum Gasteiger partial charge on any atom is -0.494 e. The molecule has 0 unspecified atom stereocenters. The van der Waals surface area contributed by atoms with Gasteiger partial charge < -0.3 is 38.0 Å². The van der Waals surface area contributed by atoms with Crippen molar-refractivity contribution in [2.75, 3.05) is 28.4 Å². The highest BCUT2D eigenvalue weighted by Gasteiger charge is 2.36. The van der Waals surface area contributed by atoms with Gasteiger partial charge in [0.2, 0.25) is 11.6 Å². The highest BCUT2D eigenvalue weighted by atomic mass is 32.2. The first-order chi connectivity index (χ1) is 32.5. The minimum absolute atomic E-state index is 0.115. The Hall–Kier alpha value is -6.44. The number of ether oxygens (including phenoxy) is 4. The Morgan fingerprint density at radius 3 is 1.21 bits per heavy atom. The average molecular weight is 1010 g/mol. The second-order valence-corrected chi connectivity index (χ2v) is 21.3. The number of aryl methyl sites for hydroxylation is 2. The topological polar surface area (TPSA) is 259 Å². The van der Waals surface area contributed by atoms with Crippen molar-refractivity contribution in [2.45, 2.75) is 61.9 Å². The number of para-hydroxylation sites is 2. The van der Waals surface area contributed by atoms with Gasteiger partial charge in [-0.15, -0.1) is 43.1 Å². The fourth-order valence-electron chi connectivity index (χ4n) is 7.06. The number of aromatic nitrogens is 8. The third-order valence-electron chi connectivity index (χ3n) is 10.8. The molecule has 0 aliphatic heterocycles. The van der Waals surface area contributed by atoms with Crippen LogP contribution in [0.3, 0.4) is 0 Å². The third-order valence-corrected chi connectivity index (χ3v) is 16.1. The van der Waals surface area contributed by atoms with Gasteiger partial charge >= 0.3 is 0 Å². The van der Waals surface area contributed by atoms with E-state index in [2.05, 4.69) is 30.4 Å². The summed E-state index contributed by atoms with van der Waals surface area (Å²) in [6.45, 7) is 6.47. The Morgan fingerprint density at radius 1 is 0.574 bits per heavy atom. The summed E-state index contributed by atoms with van der Waals surface area (Å²) >= 11 is 2.56. The number of aliphatic hydroxyl groups is 2. The Labute approximate surface area is 399 Å². The van der Waals surface area contributed by atoms with Crippen LogP contribution in [0.4, 0.5) is 0 Å². The first kappa shape index (κ1) is 49.5. The summed E-state index contributed by atoms with van der Waals surface area (Å²) in [4.78, 5) is 8.08. The zero-order chi connectivity index (χ0) is 48.9. The monoisotopic (exact) mass is 1010 g/mol. The molecule has 4 atom stereocenters. The Bertz CT molecular complexity index is 2920. The molecule has 0 amide bonds. The molecule has 20 nitrogen and oxygen atoms in total. The van der Waals surface area contributed by atoms with Gasteiger partial charge in [0.15, 0.2) is 42.8 Å². The molecule has 6 heterocycles. The van der Waals surface area contributed by atoms with E-state index < -0.39 is 53.9 Å². The largest absolute Gasteiger partial charge is 0.494 e. The summed E-state index contributed by atoms with van der Waals surface area (Å²) in [6.07, 6.45) is -2.55. The maximum Gasteiger partial charge on any atom is 0.204 e. The molecular formula is C44H48N8O12S4. The summed E-state index contributed by atoms with van der Waals surface area (Å²) in [6, 6.07) is 17.4. The zero-order valence-corrected chi connectivity index (χ0v) is 41.3. The lowest BCUT2D eigenvalue weighted by Crippen LogP contribution is -2.28. The van der Waals surface area contributed by atoms with Gasteiger partial charge in [-0.1, -0.05) is 12.1 Å². The van der Waals surface area contributed by atoms with Crippen molar-refractivity contribution in [1.82, 2.24) is 39.5 Å². The van der Waals surface area contributed by atoms with Crippen molar-refractivity contribution in [1.29, 1.82) is 0 Å². The van der Waals surface area contributed by atoms with E-state index in [1.165, 1.54) is 65.0 Å². The third kappa shape index (κ3) is 10.2. The number of rotatable bonds is 18. The van der Waals surface area contributed by atoms with Crippen LogP contribution in [0, 0.1) is 13.8 Å². The van der Waals surface area contributed by atoms with Crippen LogP contribution in [0.5, 0.6) is 23.0 Å². The molecule has 24 heteroatoms.